The predicted molar refractivity (Wildman–Crippen MR) is 271 cm³/mol. The third kappa shape index (κ3) is 6.79. The zero-order chi connectivity index (χ0) is 42.4. The minimum absolute atomic E-state index is 0.885. The molecule has 12 aromatic rings. The molecule has 0 amide bonds. The van der Waals surface area contributed by atoms with Crippen LogP contribution in [0, 0.1) is 0 Å². The van der Waals surface area contributed by atoms with Gasteiger partial charge in [-0.25, -0.2) is 0 Å². The van der Waals surface area contributed by atoms with Gasteiger partial charge in [0.1, 0.15) is 11.2 Å². The van der Waals surface area contributed by atoms with Crippen molar-refractivity contribution in [2.75, 3.05) is 4.90 Å². The highest BCUT2D eigenvalue weighted by Crippen LogP contribution is 2.45. The molecule has 0 saturated heterocycles. The van der Waals surface area contributed by atoms with Crippen molar-refractivity contribution in [2.24, 2.45) is 0 Å². The molecule has 2 nitrogen and oxygen atoms in total. The first-order valence-electron chi connectivity index (χ1n) is 21.9. The van der Waals surface area contributed by atoms with Gasteiger partial charge in [-0.1, -0.05) is 188 Å². The Kier molecular flexibility index (Phi) is 9.20. The van der Waals surface area contributed by atoms with Crippen molar-refractivity contribution in [2.45, 2.75) is 0 Å². The van der Waals surface area contributed by atoms with E-state index in [1.54, 1.807) is 0 Å². The normalized spacial score (nSPS) is 11.4. The van der Waals surface area contributed by atoms with Crippen molar-refractivity contribution < 1.29 is 4.42 Å². The molecule has 0 bridgehead atoms. The van der Waals surface area contributed by atoms with Crippen LogP contribution in [0.5, 0.6) is 0 Å². The van der Waals surface area contributed by atoms with E-state index >= 15 is 0 Å². The molecule has 11 aromatic carbocycles. The number of furan rings is 1. The highest BCUT2D eigenvalue weighted by atomic mass is 16.3. The summed E-state index contributed by atoms with van der Waals surface area (Å²) in [6.45, 7) is 0. The maximum absolute atomic E-state index is 6.36. The Morgan fingerprint density at radius 3 is 1.55 bits per heavy atom. The summed E-state index contributed by atoms with van der Waals surface area (Å²) in [7, 11) is 0. The number of para-hydroxylation sites is 1. The van der Waals surface area contributed by atoms with Gasteiger partial charge in [0.15, 0.2) is 0 Å². The fourth-order valence-corrected chi connectivity index (χ4v) is 9.43. The smallest absolute Gasteiger partial charge is 0.136 e. The lowest BCUT2D eigenvalue weighted by Gasteiger charge is -2.29. The van der Waals surface area contributed by atoms with E-state index in [2.05, 4.69) is 241 Å². The third-order valence-electron chi connectivity index (χ3n) is 12.6. The first-order chi connectivity index (χ1) is 31.7. The Morgan fingerprint density at radius 2 is 0.797 bits per heavy atom. The summed E-state index contributed by atoms with van der Waals surface area (Å²) in [6, 6.07) is 89.9. The molecule has 0 aliphatic carbocycles. The van der Waals surface area contributed by atoms with Crippen LogP contribution in [0.25, 0.3) is 99.1 Å². The molecule has 0 spiro atoms. The van der Waals surface area contributed by atoms with Gasteiger partial charge < -0.3 is 9.32 Å². The molecule has 0 saturated carbocycles. The Balaban J connectivity index is 1.03. The number of anilines is 3. The van der Waals surface area contributed by atoms with Gasteiger partial charge in [-0.15, -0.1) is 0 Å². The Bertz CT molecular complexity index is 3670. The summed E-state index contributed by atoms with van der Waals surface area (Å²) in [4.78, 5) is 2.43. The molecule has 0 aliphatic heterocycles. The van der Waals surface area contributed by atoms with Crippen LogP contribution in [-0.2, 0) is 0 Å². The monoisotopic (exact) mass is 815 g/mol. The van der Waals surface area contributed by atoms with E-state index in [0.29, 0.717) is 0 Å². The summed E-state index contributed by atoms with van der Waals surface area (Å²) in [5.74, 6) is 0. The van der Waals surface area contributed by atoms with Gasteiger partial charge in [-0.2, -0.15) is 0 Å². The standard InChI is InChI=1S/C62H41NO/c1-2-15-45(16-3-1)56-36-33-52(51-30-28-43-14-5-7-18-47(43)39-51)41-59(56)63(55-22-11-21-53(40-55)57-24-12-26-61-62(57)58-23-8-9-25-60(58)64-61)54-34-31-44(32-35-54)48-19-10-20-49(37-48)50-29-27-42-13-4-6-17-46(42)38-50/h1-41H. The molecule has 0 aliphatic rings. The Hall–Kier alpha value is -8.46. The average molecular weight is 816 g/mol. The second-order valence-corrected chi connectivity index (χ2v) is 16.5. The van der Waals surface area contributed by atoms with Gasteiger partial charge in [0.2, 0.25) is 0 Å². The zero-order valence-corrected chi connectivity index (χ0v) is 35.0. The van der Waals surface area contributed by atoms with Crippen molar-refractivity contribution in [1.29, 1.82) is 0 Å². The van der Waals surface area contributed by atoms with Crippen LogP contribution in [0.15, 0.2) is 253 Å². The van der Waals surface area contributed by atoms with Crippen molar-refractivity contribution >= 4 is 60.5 Å². The summed E-state index contributed by atoms with van der Waals surface area (Å²) in [5, 5.41) is 7.19. The van der Waals surface area contributed by atoms with E-state index in [9.17, 15) is 0 Å². The van der Waals surface area contributed by atoms with E-state index < -0.39 is 0 Å². The molecule has 0 fully saturated rings. The molecule has 1 heterocycles. The van der Waals surface area contributed by atoms with E-state index in [4.69, 9.17) is 4.42 Å². The van der Waals surface area contributed by atoms with Crippen LogP contribution in [-0.4, -0.2) is 0 Å². The van der Waals surface area contributed by atoms with Crippen molar-refractivity contribution in [1.82, 2.24) is 0 Å². The summed E-state index contributed by atoms with van der Waals surface area (Å²) in [5.41, 5.74) is 16.6. The summed E-state index contributed by atoms with van der Waals surface area (Å²) < 4.78 is 6.36. The average Bonchev–Trinajstić information content (AvgIpc) is 3.76. The molecule has 12 rings (SSSR count). The van der Waals surface area contributed by atoms with Crippen LogP contribution < -0.4 is 4.90 Å². The SMILES string of the molecule is c1ccc(-c2ccc(-c3ccc4ccccc4c3)cc2N(c2ccc(-c3cccc(-c4ccc5ccccc5c4)c3)cc2)c2cccc(-c3cccc4oc5ccccc5c34)c2)cc1. The van der Waals surface area contributed by atoms with Crippen LogP contribution >= 0.6 is 0 Å². The zero-order valence-electron chi connectivity index (χ0n) is 35.0. The van der Waals surface area contributed by atoms with E-state index in [1.165, 1.54) is 43.8 Å². The molecule has 2 heteroatoms. The first-order valence-corrected chi connectivity index (χ1v) is 21.9. The number of benzene rings is 11. The third-order valence-corrected chi connectivity index (χ3v) is 12.6. The number of hydrogen-bond donors (Lipinski definition) is 0. The molecule has 0 atom stereocenters. The highest BCUT2D eigenvalue weighted by molar-refractivity contribution is 6.12. The van der Waals surface area contributed by atoms with Gasteiger partial charge in [-0.05, 0) is 132 Å². The van der Waals surface area contributed by atoms with Gasteiger partial charge in [0.05, 0.1) is 5.69 Å². The molecular weight excluding hydrogens is 775 g/mol. The van der Waals surface area contributed by atoms with Crippen LogP contribution in [0.3, 0.4) is 0 Å². The molecule has 0 unspecified atom stereocenters. The second kappa shape index (κ2) is 15.8. The number of hydrogen-bond acceptors (Lipinski definition) is 2. The second-order valence-electron chi connectivity index (χ2n) is 16.5. The first kappa shape index (κ1) is 37.3. The van der Waals surface area contributed by atoms with E-state index in [0.717, 1.165) is 72.4 Å². The molecule has 64 heavy (non-hydrogen) atoms. The van der Waals surface area contributed by atoms with Gasteiger partial charge in [-0.3, -0.25) is 0 Å². The lowest BCUT2D eigenvalue weighted by Crippen LogP contribution is -2.11. The van der Waals surface area contributed by atoms with E-state index in [-0.39, 0.29) is 0 Å². The van der Waals surface area contributed by atoms with Crippen molar-refractivity contribution in [3.63, 3.8) is 0 Å². The lowest BCUT2D eigenvalue weighted by atomic mass is 9.94. The van der Waals surface area contributed by atoms with Gasteiger partial charge in [0.25, 0.3) is 0 Å². The molecular formula is C62H41NO. The molecule has 300 valence electrons. The van der Waals surface area contributed by atoms with Crippen LogP contribution in [0.1, 0.15) is 0 Å². The van der Waals surface area contributed by atoms with E-state index in [1.807, 2.05) is 12.1 Å². The fraction of sp³-hybridized carbons (Fsp3) is 0. The van der Waals surface area contributed by atoms with Gasteiger partial charge in [0, 0.05) is 27.7 Å². The topological polar surface area (TPSA) is 16.4 Å². The maximum Gasteiger partial charge on any atom is 0.136 e. The highest BCUT2D eigenvalue weighted by Gasteiger charge is 2.21. The van der Waals surface area contributed by atoms with Crippen molar-refractivity contribution in [3.8, 4) is 55.6 Å². The lowest BCUT2D eigenvalue weighted by molar-refractivity contribution is 0.669. The number of nitrogens with zero attached hydrogens (tertiary/aromatic N) is 1. The minimum atomic E-state index is 0.885. The van der Waals surface area contributed by atoms with Crippen LogP contribution in [0.4, 0.5) is 17.1 Å². The Morgan fingerprint density at radius 1 is 0.266 bits per heavy atom. The molecule has 0 N–H and O–H groups in total. The number of rotatable bonds is 8. The molecule has 1 aromatic heterocycles. The van der Waals surface area contributed by atoms with Crippen molar-refractivity contribution in [3.05, 3.63) is 249 Å². The fourth-order valence-electron chi connectivity index (χ4n) is 9.43. The van der Waals surface area contributed by atoms with Gasteiger partial charge >= 0.3 is 0 Å². The number of fused-ring (bicyclic) bond motifs is 5. The summed E-state index contributed by atoms with van der Waals surface area (Å²) >= 11 is 0. The largest absolute Gasteiger partial charge is 0.456 e. The quantitative estimate of drug-likeness (QED) is 0.152. The summed E-state index contributed by atoms with van der Waals surface area (Å²) in [6.07, 6.45) is 0. The minimum Gasteiger partial charge on any atom is -0.456 e. The van der Waals surface area contributed by atoms with Crippen LogP contribution in [0.2, 0.25) is 0 Å². The molecule has 0 radical (unpaired) electrons. The maximum atomic E-state index is 6.36. The Labute approximate surface area is 372 Å². The predicted octanol–water partition coefficient (Wildman–Crippen LogP) is 17.7.